The van der Waals surface area contributed by atoms with Crippen molar-refractivity contribution in [1.82, 2.24) is 4.98 Å². The molecule has 3 rings (SSSR count). The van der Waals surface area contributed by atoms with Crippen LogP contribution in [-0.4, -0.2) is 30.8 Å². The van der Waals surface area contributed by atoms with Gasteiger partial charge in [0.1, 0.15) is 17.4 Å². The highest BCUT2D eigenvalue weighted by molar-refractivity contribution is 7.98. The lowest BCUT2D eigenvalue weighted by atomic mass is 10.1. The van der Waals surface area contributed by atoms with Crippen molar-refractivity contribution in [3.63, 3.8) is 0 Å². The van der Waals surface area contributed by atoms with E-state index in [0.29, 0.717) is 23.6 Å². The maximum absolute atomic E-state index is 12.8. The van der Waals surface area contributed by atoms with Crippen molar-refractivity contribution in [2.24, 2.45) is 0 Å². The molecular formula is C17H15N3O3S. The number of aromatic amines is 1. The summed E-state index contributed by atoms with van der Waals surface area (Å²) in [7, 11) is 1.59. The average molecular weight is 341 g/mol. The molecule has 0 radical (unpaired) electrons. The van der Waals surface area contributed by atoms with Gasteiger partial charge in [-0.3, -0.25) is 9.59 Å². The van der Waals surface area contributed by atoms with Gasteiger partial charge in [0.25, 0.3) is 11.5 Å². The predicted octanol–water partition coefficient (Wildman–Crippen LogP) is 2.18. The Morgan fingerprint density at radius 2 is 2.21 bits per heavy atom. The van der Waals surface area contributed by atoms with E-state index in [0.717, 1.165) is 17.0 Å². The van der Waals surface area contributed by atoms with Crippen LogP contribution in [0.4, 0.5) is 5.69 Å². The van der Waals surface area contributed by atoms with E-state index in [1.165, 1.54) is 17.8 Å². The number of fused-ring (bicyclic) bond motifs is 1. The molecule has 6 nitrogen and oxygen atoms in total. The van der Waals surface area contributed by atoms with Crippen LogP contribution in [0.1, 0.15) is 21.5 Å². The predicted molar refractivity (Wildman–Crippen MR) is 91.9 cm³/mol. The zero-order chi connectivity index (χ0) is 17.3. The number of methoxy groups -OCH3 is 1. The van der Waals surface area contributed by atoms with E-state index < -0.39 is 11.5 Å². The zero-order valence-corrected chi connectivity index (χ0v) is 14.1. The molecule has 0 unspecified atom stereocenters. The van der Waals surface area contributed by atoms with Gasteiger partial charge < -0.3 is 14.6 Å². The molecule has 1 amide bonds. The van der Waals surface area contributed by atoms with Crippen molar-refractivity contribution in [3.8, 4) is 11.8 Å². The summed E-state index contributed by atoms with van der Waals surface area (Å²) in [6.45, 7) is 0.493. The smallest absolute Gasteiger partial charge is 0.263 e. The zero-order valence-electron chi connectivity index (χ0n) is 13.3. The van der Waals surface area contributed by atoms with Crippen molar-refractivity contribution >= 4 is 23.4 Å². The molecule has 1 aliphatic heterocycles. The Balaban J connectivity index is 2.01. The molecular weight excluding hydrogens is 326 g/mol. The van der Waals surface area contributed by atoms with Gasteiger partial charge in [-0.15, -0.1) is 11.8 Å². The fraction of sp³-hybridized carbons (Fsp3) is 0.235. The Morgan fingerprint density at radius 3 is 2.88 bits per heavy atom. The molecule has 1 aliphatic rings. The van der Waals surface area contributed by atoms with Crippen molar-refractivity contribution < 1.29 is 9.53 Å². The molecule has 1 aromatic carbocycles. The maximum Gasteiger partial charge on any atom is 0.263 e. The fourth-order valence-electron chi connectivity index (χ4n) is 2.78. The van der Waals surface area contributed by atoms with Gasteiger partial charge in [0.15, 0.2) is 0 Å². The second-order valence-corrected chi connectivity index (χ2v) is 6.09. The normalized spacial score (nSPS) is 12.6. The molecule has 0 saturated heterocycles. The van der Waals surface area contributed by atoms with Crippen molar-refractivity contribution in [1.29, 1.82) is 5.26 Å². The molecule has 122 valence electrons. The van der Waals surface area contributed by atoms with Crippen LogP contribution in [0.15, 0.2) is 34.1 Å². The Morgan fingerprint density at radius 1 is 1.42 bits per heavy atom. The van der Waals surface area contributed by atoms with E-state index in [4.69, 9.17) is 4.74 Å². The van der Waals surface area contributed by atoms with E-state index in [1.54, 1.807) is 24.3 Å². The summed E-state index contributed by atoms with van der Waals surface area (Å²) >= 11 is 1.26. The van der Waals surface area contributed by atoms with Crippen molar-refractivity contribution in [2.45, 2.75) is 11.4 Å². The Bertz CT molecular complexity index is 914. The topological polar surface area (TPSA) is 86.2 Å². The lowest BCUT2D eigenvalue weighted by molar-refractivity contribution is 0.0987. The molecule has 0 aliphatic carbocycles. The van der Waals surface area contributed by atoms with Gasteiger partial charge >= 0.3 is 0 Å². The molecule has 0 bridgehead atoms. The van der Waals surface area contributed by atoms with Gasteiger partial charge in [-0.1, -0.05) is 0 Å². The van der Waals surface area contributed by atoms with Crippen LogP contribution in [0.25, 0.3) is 0 Å². The number of ether oxygens (including phenoxy) is 1. The molecule has 1 aromatic heterocycles. The minimum absolute atomic E-state index is 0.0204. The standard InChI is InChI=1S/C17H15N3O3S/c1-23-12-3-4-14-10(7-12)5-6-20(14)17(22)13-8-11(9-18)16(24-2)19-15(13)21/h3-4,7-8H,5-6H2,1-2H3,(H,19,21). The number of aromatic nitrogens is 1. The maximum atomic E-state index is 12.8. The van der Waals surface area contributed by atoms with Gasteiger partial charge in [0.2, 0.25) is 0 Å². The fourth-order valence-corrected chi connectivity index (χ4v) is 3.30. The summed E-state index contributed by atoms with van der Waals surface area (Å²) in [4.78, 5) is 29.2. The second-order valence-electron chi connectivity index (χ2n) is 5.27. The number of carbonyl (C=O) groups excluding carboxylic acids is 1. The lowest BCUT2D eigenvalue weighted by Gasteiger charge is -2.17. The first kappa shape index (κ1) is 16.1. The summed E-state index contributed by atoms with van der Waals surface area (Å²) in [5.74, 6) is 0.335. The van der Waals surface area contributed by atoms with Crippen LogP contribution in [0.3, 0.4) is 0 Å². The summed E-state index contributed by atoms with van der Waals surface area (Å²) in [5, 5.41) is 9.67. The van der Waals surface area contributed by atoms with Gasteiger partial charge in [-0.25, -0.2) is 0 Å². The first-order chi connectivity index (χ1) is 11.6. The number of pyridine rings is 1. The molecule has 7 heteroatoms. The number of hydrogen-bond donors (Lipinski definition) is 1. The Labute approximate surface area is 143 Å². The van der Waals surface area contributed by atoms with Gasteiger partial charge in [0, 0.05) is 12.2 Å². The molecule has 0 spiro atoms. The van der Waals surface area contributed by atoms with Crippen LogP contribution in [0.5, 0.6) is 5.75 Å². The molecule has 0 saturated carbocycles. The molecule has 2 aromatic rings. The molecule has 1 N–H and O–H groups in total. The highest BCUT2D eigenvalue weighted by Crippen LogP contribution is 2.32. The minimum atomic E-state index is -0.481. The summed E-state index contributed by atoms with van der Waals surface area (Å²) in [5.41, 5.74) is 1.56. The first-order valence-corrected chi connectivity index (χ1v) is 8.51. The van der Waals surface area contributed by atoms with Crippen LogP contribution >= 0.6 is 11.8 Å². The summed E-state index contributed by atoms with van der Waals surface area (Å²) in [6, 6.07) is 8.88. The minimum Gasteiger partial charge on any atom is -0.497 e. The van der Waals surface area contributed by atoms with Gasteiger partial charge in [-0.2, -0.15) is 5.26 Å². The number of rotatable bonds is 3. The number of thioether (sulfide) groups is 1. The molecule has 0 fully saturated rings. The van der Waals surface area contributed by atoms with Crippen LogP contribution < -0.4 is 15.2 Å². The number of H-pyrrole nitrogens is 1. The highest BCUT2D eigenvalue weighted by atomic mass is 32.2. The average Bonchev–Trinajstić information content (AvgIpc) is 3.03. The Kier molecular flexibility index (Phi) is 4.32. The van der Waals surface area contributed by atoms with Crippen molar-refractivity contribution in [3.05, 3.63) is 51.3 Å². The lowest BCUT2D eigenvalue weighted by Crippen LogP contribution is -2.33. The van der Waals surface area contributed by atoms with Gasteiger partial charge in [0.05, 0.1) is 17.7 Å². The van der Waals surface area contributed by atoms with Crippen LogP contribution in [0.2, 0.25) is 0 Å². The number of carbonyl (C=O) groups is 1. The van der Waals surface area contributed by atoms with E-state index in [2.05, 4.69) is 4.98 Å². The molecule has 2 heterocycles. The SMILES string of the molecule is COc1ccc2c(c1)CCN2C(=O)c1cc(C#N)c(SC)[nH]c1=O. The summed E-state index contributed by atoms with van der Waals surface area (Å²) in [6.07, 6.45) is 2.46. The monoisotopic (exact) mass is 341 g/mol. The van der Waals surface area contributed by atoms with E-state index in [-0.39, 0.29) is 5.56 Å². The third-order valence-corrected chi connectivity index (χ3v) is 4.72. The number of amides is 1. The first-order valence-electron chi connectivity index (χ1n) is 7.29. The number of hydrogen-bond acceptors (Lipinski definition) is 5. The van der Waals surface area contributed by atoms with E-state index >= 15 is 0 Å². The van der Waals surface area contributed by atoms with Crippen molar-refractivity contribution in [2.75, 3.05) is 24.8 Å². The largest absolute Gasteiger partial charge is 0.497 e. The highest BCUT2D eigenvalue weighted by Gasteiger charge is 2.28. The quantitative estimate of drug-likeness (QED) is 0.865. The third-order valence-electron chi connectivity index (χ3n) is 3.99. The third kappa shape index (κ3) is 2.65. The van der Waals surface area contributed by atoms with Gasteiger partial charge in [-0.05, 0) is 42.5 Å². The summed E-state index contributed by atoms with van der Waals surface area (Å²) < 4.78 is 5.20. The molecule has 0 atom stereocenters. The number of anilines is 1. The van der Waals surface area contributed by atoms with Crippen LogP contribution in [-0.2, 0) is 6.42 Å². The Hall–Kier alpha value is -2.72. The number of nitriles is 1. The van der Waals surface area contributed by atoms with Crippen LogP contribution in [0, 0.1) is 11.3 Å². The number of benzene rings is 1. The number of nitrogens with zero attached hydrogens (tertiary/aromatic N) is 2. The molecule has 24 heavy (non-hydrogen) atoms. The number of nitrogens with one attached hydrogen (secondary N) is 1. The van der Waals surface area contributed by atoms with E-state index in [1.807, 2.05) is 18.2 Å². The second kappa shape index (κ2) is 6.42. The van der Waals surface area contributed by atoms with E-state index in [9.17, 15) is 14.9 Å².